The van der Waals surface area contributed by atoms with Crippen LogP contribution in [0.2, 0.25) is 0 Å². The second-order valence-corrected chi connectivity index (χ2v) is 3.74. The van der Waals surface area contributed by atoms with E-state index in [0.717, 1.165) is 18.7 Å². The maximum absolute atomic E-state index is 13.0. The first-order valence-electron chi connectivity index (χ1n) is 4.32. The van der Waals surface area contributed by atoms with E-state index >= 15 is 0 Å². The minimum absolute atomic E-state index is 0.174. The van der Waals surface area contributed by atoms with Crippen molar-refractivity contribution in [3.8, 4) is 0 Å². The third kappa shape index (κ3) is 3.68. The molecule has 1 aromatic carbocycles. The molecule has 1 N–H and O–H groups in total. The van der Waals surface area contributed by atoms with Crippen molar-refractivity contribution in [1.29, 1.82) is 0 Å². The third-order valence-electron chi connectivity index (χ3n) is 1.71. The fourth-order valence-electron chi connectivity index (χ4n) is 1.04. The summed E-state index contributed by atoms with van der Waals surface area (Å²) < 4.78 is 13.0. The largest absolute Gasteiger partial charge is 0.383 e. The van der Waals surface area contributed by atoms with Crippen LogP contribution in [0.5, 0.6) is 0 Å². The number of nitrogens with one attached hydrogen (secondary N) is 1. The van der Waals surface area contributed by atoms with Crippen LogP contribution < -0.4 is 5.32 Å². The zero-order chi connectivity index (χ0) is 9.52. The lowest BCUT2D eigenvalue weighted by molar-refractivity contribution is 0.630. The van der Waals surface area contributed by atoms with E-state index in [1.165, 1.54) is 6.07 Å². The fraction of sp³-hybridized carbons (Fsp3) is 0.400. The SMILES string of the molecule is CSCCCNc1ccccc1F. The van der Waals surface area contributed by atoms with Gasteiger partial charge in [-0.1, -0.05) is 12.1 Å². The molecule has 0 saturated carbocycles. The molecule has 0 saturated heterocycles. The average molecular weight is 199 g/mol. The molecule has 0 heterocycles. The number of rotatable bonds is 5. The summed E-state index contributed by atoms with van der Waals surface area (Å²) in [4.78, 5) is 0. The second kappa shape index (κ2) is 5.86. The summed E-state index contributed by atoms with van der Waals surface area (Å²) >= 11 is 1.81. The Morgan fingerprint density at radius 1 is 1.38 bits per heavy atom. The normalized spacial score (nSPS) is 10.0. The Kier molecular flexibility index (Phi) is 4.68. The second-order valence-electron chi connectivity index (χ2n) is 2.75. The lowest BCUT2D eigenvalue weighted by atomic mass is 10.3. The van der Waals surface area contributed by atoms with Crippen LogP contribution >= 0.6 is 11.8 Å². The minimum Gasteiger partial charge on any atom is -0.383 e. The van der Waals surface area contributed by atoms with Crippen LogP contribution in [0.15, 0.2) is 24.3 Å². The smallest absolute Gasteiger partial charge is 0.146 e. The first kappa shape index (κ1) is 10.4. The number of thioether (sulfide) groups is 1. The van der Waals surface area contributed by atoms with Crippen LogP contribution in [-0.2, 0) is 0 Å². The van der Waals surface area contributed by atoms with Crippen molar-refractivity contribution in [1.82, 2.24) is 0 Å². The maximum atomic E-state index is 13.0. The molecule has 0 aromatic heterocycles. The van der Waals surface area contributed by atoms with E-state index < -0.39 is 0 Å². The van der Waals surface area contributed by atoms with Crippen LogP contribution in [0.1, 0.15) is 6.42 Å². The van der Waals surface area contributed by atoms with E-state index in [-0.39, 0.29) is 5.82 Å². The lowest BCUT2D eigenvalue weighted by Gasteiger charge is -2.05. The summed E-state index contributed by atoms with van der Waals surface area (Å²) in [7, 11) is 0. The van der Waals surface area contributed by atoms with Crippen molar-refractivity contribution in [3.63, 3.8) is 0 Å². The van der Waals surface area contributed by atoms with Crippen molar-refractivity contribution >= 4 is 17.4 Å². The first-order valence-corrected chi connectivity index (χ1v) is 5.71. The van der Waals surface area contributed by atoms with Gasteiger partial charge in [0.2, 0.25) is 0 Å². The van der Waals surface area contributed by atoms with Crippen molar-refractivity contribution < 1.29 is 4.39 Å². The van der Waals surface area contributed by atoms with E-state index in [2.05, 4.69) is 11.6 Å². The number of halogens is 1. The average Bonchev–Trinajstić information content (AvgIpc) is 2.15. The van der Waals surface area contributed by atoms with Crippen LogP contribution in [0.25, 0.3) is 0 Å². The predicted octanol–water partition coefficient (Wildman–Crippen LogP) is 2.99. The third-order valence-corrected chi connectivity index (χ3v) is 2.41. The number of hydrogen-bond acceptors (Lipinski definition) is 2. The van der Waals surface area contributed by atoms with Gasteiger partial charge in [0.05, 0.1) is 5.69 Å². The highest BCUT2D eigenvalue weighted by Gasteiger charge is 1.97. The van der Waals surface area contributed by atoms with Crippen molar-refractivity contribution in [3.05, 3.63) is 30.1 Å². The zero-order valence-electron chi connectivity index (χ0n) is 7.72. The van der Waals surface area contributed by atoms with Gasteiger partial charge < -0.3 is 5.32 Å². The summed E-state index contributed by atoms with van der Waals surface area (Å²) in [5.74, 6) is 0.938. The van der Waals surface area contributed by atoms with Crippen molar-refractivity contribution in [2.24, 2.45) is 0 Å². The number of hydrogen-bond donors (Lipinski definition) is 1. The Morgan fingerprint density at radius 3 is 2.85 bits per heavy atom. The molecule has 0 radical (unpaired) electrons. The highest BCUT2D eigenvalue weighted by Crippen LogP contribution is 2.12. The summed E-state index contributed by atoms with van der Waals surface area (Å²) in [5.41, 5.74) is 0.601. The van der Waals surface area contributed by atoms with Crippen molar-refractivity contribution in [2.45, 2.75) is 6.42 Å². The molecule has 0 fully saturated rings. The van der Waals surface area contributed by atoms with Crippen LogP contribution in [0.4, 0.5) is 10.1 Å². The Hall–Kier alpha value is -0.700. The highest BCUT2D eigenvalue weighted by atomic mass is 32.2. The maximum Gasteiger partial charge on any atom is 0.146 e. The summed E-state index contributed by atoms with van der Waals surface area (Å²) in [5, 5.41) is 3.06. The number of anilines is 1. The Balaban J connectivity index is 2.32. The van der Waals surface area contributed by atoms with Gasteiger partial charge in [-0.25, -0.2) is 4.39 Å². The molecule has 3 heteroatoms. The number of benzene rings is 1. The van der Waals surface area contributed by atoms with Gasteiger partial charge in [-0.15, -0.1) is 0 Å². The molecular weight excluding hydrogens is 185 g/mol. The molecule has 0 spiro atoms. The van der Waals surface area contributed by atoms with E-state index in [1.54, 1.807) is 12.1 Å². The van der Waals surface area contributed by atoms with E-state index in [1.807, 2.05) is 17.8 Å². The van der Waals surface area contributed by atoms with Crippen LogP contribution in [0, 0.1) is 5.82 Å². The first-order chi connectivity index (χ1) is 6.34. The zero-order valence-corrected chi connectivity index (χ0v) is 8.53. The molecule has 1 nitrogen and oxygen atoms in total. The summed E-state index contributed by atoms with van der Waals surface area (Å²) in [6.07, 6.45) is 3.14. The highest BCUT2D eigenvalue weighted by molar-refractivity contribution is 7.98. The van der Waals surface area contributed by atoms with Gasteiger partial charge in [-0.3, -0.25) is 0 Å². The molecule has 72 valence electrons. The Bertz CT molecular complexity index is 252. The molecule has 0 amide bonds. The monoisotopic (exact) mass is 199 g/mol. The molecule has 1 rings (SSSR count). The van der Waals surface area contributed by atoms with E-state index in [4.69, 9.17) is 0 Å². The molecule has 13 heavy (non-hydrogen) atoms. The topological polar surface area (TPSA) is 12.0 Å². The van der Waals surface area contributed by atoms with Crippen molar-refractivity contribution in [2.75, 3.05) is 23.9 Å². The fourth-order valence-corrected chi connectivity index (χ4v) is 1.48. The lowest BCUT2D eigenvalue weighted by Crippen LogP contribution is -2.03. The van der Waals surface area contributed by atoms with Gasteiger partial charge in [0.25, 0.3) is 0 Å². The van der Waals surface area contributed by atoms with Crippen LogP contribution in [-0.4, -0.2) is 18.6 Å². The molecule has 0 aliphatic rings. The van der Waals surface area contributed by atoms with Gasteiger partial charge >= 0.3 is 0 Å². The standard InChI is InChI=1S/C10H14FNS/c1-13-8-4-7-12-10-6-3-2-5-9(10)11/h2-3,5-6,12H,4,7-8H2,1H3. The summed E-state index contributed by atoms with van der Waals surface area (Å²) in [6, 6.07) is 6.76. The predicted molar refractivity (Wildman–Crippen MR) is 57.9 cm³/mol. The minimum atomic E-state index is -0.174. The quantitative estimate of drug-likeness (QED) is 0.732. The molecular formula is C10H14FNS. The van der Waals surface area contributed by atoms with E-state index in [9.17, 15) is 4.39 Å². The van der Waals surface area contributed by atoms with Gasteiger partial charge in [-0.05, 0) is 30.6 Å². The van der Waals surface area contributed by atoms with Gasteiger partial charge in [-0.2, -0.15) is 11.8 Å². The van der Waals surface area contributed by atoms with E-state index in [0.29, 0.717) is 5.69 Å². The Morgan fingerprint density at radius 2 is 2.15 bits per heavy atom. The summed E-state index contributed by atoms with van der Waals surface area (Å²) in [6.45, 7) is 0.835. The number of para-hydroxylation sites is 1. The Labute approximate surface area is 82.7 Å². The van der Waals surface area contributed by atoms with Gasteiger partial charge in [0, 0.05) is 6.54 Å². The molecule has 0 unspecified atom stereocenters. The molecule has 1 aromatic rings. The molecule has 0 aliphatic carbocycles. The van der Waals surface area contributed by atoms with Gasteiger partial charge in [0.15, 0.2) is 0 Å². The molecule has 0 bridgehead atoms. The van der Waals surface area contributed by atoms with Crippen LogP contribution in [0.3, 0.4) is 0 Å². The van der Waals surface area contributed by atoms with Gasteiger partial charge in [0.1, 0.15) is 5.82 Å². The molecule has 0 atom stereocenters. The molecule has 0 aliphatic heterocycles.